The summed E-state index contributed by atoms with van der Waals surface area (Å²) < 4.78 is 4.62. The number of hydrogen-bond acceptors (Lipinski definition) is 5. The first-order valence-electron chi connectivity index (χ1n) is 6.40. The minimum absolute atomic E-state index is 0.393. The molecule has 0 atom stereocenters. The fourth-order valence-corrected chi connectivity index (χ4v) is 2.25. The van der Waals surface area contributed by atoms with Gasteiger partial charge in [-0.05, 0) is 18.8 Å². The van der Waals surface area contributed by atoms with Crippen molar-refractivity contribution in [3.8, 4) is 0 Å². The van der Waals surface area contributed by atoms with Crippen molar-refractivity contribution in [2.24, 2.45) is 5.92 Å². The fraction of sp³-hybridized carbons (Fsp3) is 0.615. The molecule has 1 fully saturated rings. The maximum Gasteiger partial charge on any atom is 0.341 e. The highest BCUT2D eigenvalue weighted by molar-refractivity contribution is 5.88. The molecule has 0 spiro atoms. The summed E-state index contributed by atoms with van der Waals surface area (Å²) in [4.78, 5) is 21.9. The average molecular weight is 249 g/mol. The van der Waals surface area contributed by atoms with Gasteiger partial charge in [-0.2, -0.15) is 0 Å². The number of methoxy groups -OCH3 is 1. The lowest BCUT2D eigenvalue weighted by Crippen LogP contribution is -2.34. The number of carbonyl (C=O) groups excluding carboxylic acids is 1. The lowest BCUT2D eigenvalue weighted by molar-refractivity contribution is 0.0600. The molecule has 1 aliphatic rings. The summed E-state index contributed by atoms with van der Waals surface area (Å²) in [6.45, 7) is 4.23. The maximum atomic E-state index is 11.3. The molecule has 1 saturated heterocycles. The topological polar surface area (TPSA) is 55.3 Å². The molecule has 1 aromatic heterocycles. The van der Waals surface area contributed by atoms with Crippen molar-refractivity contribution in [2.75, 3.05) is 25.1 Å². The van der Waals surface area contributed by atoms with E-state index in [9.17, 15) is 4.79 Å². The molecule has 0 aromatic carbocycles. The summed E-state index contributed by atoms with van der Waals surface area (Å²) >= 11 is 0. The van der Waals surface area contributed by atoms with Crippen LogP contribution in [0.2, 0.25) is 0 Å². The van der Waals surface area contributed by atoms with Crippen molar-refractivity contribution in [1.29, 1.82) is 0 Å². The molecule has 2 rings (SSSR count). The second-order valence-electron chi connectivity index (χ2n) is 4.60. The molecule has 0 saturated carbocycles. The van der Waals surface area contributed by atoms with Crippen molar-refractivity contribution < 1.29 is 9.53 Å². The van der Waals surface area contributed by atoms with Crippen LogP contribution < -0.4 is 4.90 Å². The highest BCUT2D eigenvalue weighted by Gasteiger charge is 2.19. The number of aromatic nitrogens is 2. The summed E-state index contributed by atoms with van der Waals surface area (Å²) in [5, 5.41) is 0. The summed E-state index contributed by atoms with van der Waals surface area (Å²) in [7, 11) is 1.35. The van der Waals surface area contributed by atoms with Crippen LogP contribution in [0.25, 0.3) is 0 Å². The van der Waals surface area contributed by atoms with Crippen LogP contribution in [0.3, 0.4) is 0 Å². The predicted octanol–water partition coefficient (Wildman–Crippen LogP) is 1.89. The van der Waals surface area contributed by atoms with Gasteiger partial charge in [0.25, 0.3) is 0 Å². The van der Waals surface area contributed by atoms with Gasteiger partial charge < -0.3 is 9.64 Å². The van der Waals surface area contributed by atoms with Crippen LogP contribution in [-0.4, -0.2) is 36.1 Å². The number of carbonyl (C=O) groups is 1. The Morgan fingerprint density at radius 3 is 2.50 bits per heavy atom. The third-order valence-corrected chi connectivity index (χ3v) is 3.53. The first-order valence-corrected chi connectivity index (χ1v) is 6.40. The normalized spacial score (nSPS) is 16.7. The van der Waals surface area contributed by atoms with Gasteiger partial charge in [0, 0.05) is 25.5 Å². The molecule has 5 heteroatoms. The van der Waals surface area contributed by atoms with Crippen LogP contribution in [0.15, 0.2) is 12.4 Å². The zero-order valence-corrected chi connectivity index (χ0v) is 10.9. The van der Waals surface area contributed by atoms with E-state index in [4.69, 9.17) is 0 Å². The Morgan fingerprint density at radius 1 is 1.39 bits per heavy atom. The number of anilines is 1. The second-order valence-corrected chi connectivity index (χ2v) is 4.60. The number of hydrogen-bond donors (Lipinski definition) is 0. The van der Waals surface area contributed by atoms with Gasteiger partial charge in [0.2, 0.25) is 5.95 Å². The standard InChI is InChI=1S/C13H19N3O2/c1-3-10-4-6-16(7-5-10)13-14-8-11(9-15-13)12(17)18-2/h8-10H,3-7H2,1-2H3. The Balaban J connectivity index is 2.00. The molecular formula is C13H19N3O2. The largest absolute Gasteiger partial charge is 0.465 e. The molecular weight excluding hydrogens is 230 g/mol. The number of nitrogens with zero attached hydrogens (tertiary/aromatic N) is 3. The van der Waals surface area contributed by atoms with Crippen LogP contribution in [-0.2, 0) is 4.74 Å². The number of piperidine rings is 1. The summed E-state index contributed by atoms with van der Waals surface area (Å²) in [6, 6.07) is 0. The van der Waals surface area contributed by atoms with E-state index in [1.54, 1.807) is 0 Å². The molecule has 1 aliphatic heterocycles. The monoisotopic (exact) mass is 249 g/mol. The molecule has 5 nitrogen and oxygen atoms in total. The van der Waals surface area contributed by atoms with E-state index in [2.05, 4.69) is 26.5 Å². The minimum Gasteiger partial charge on any atom is -0.465 e. The molecule has 0 bridgehead atoms. The predicted molar refractivity (Wildman–Crippen MR) is 68.6 cm³/mol. The molecule has 2 heterocycles. The molecule has 1 aromatic rings. The number of rotatable bonds is 3. The quantitative estimate of drug-likeness (QED) is 0.766. The van der Waals surface area contributed by atoms with Gasteiger partial charge in [0.1, 0.15) is 0 Å². The Labute approximate surface area is 107 Å². The maximum absolute atomic E-state index is 11.3. The van der Waals surface area contributed by atoms with Gasteiger partial charge in [-0.15, -0.1) is 0 Å². The summed E-state index contributed by atoms with van der Waals surface area (Å²) in [6.07, 6.45) is 6.69. The van der Waals surface area contributed by atoms with Crippen molar-refractivity contribution in [3.63, 3.8) is 0 Å². The third-order valence-electron chi connectivity index (χ3n) is 3.53. The first kappa shape index (κ1) is 12.8. The van der Waals surface area contributed by atoms with E-state index >= 15 is 0 Å². The Hall–Kier alpha value is -1.65. The lowest BCUT2D eigenvalue weighted by Gasteiger charge is -2.31. The van der Waals surface area contributed by atoms with Crippen molar-refractivity contribution in [1.82, 2.24) is 9.97 Å². The van der Waals surface area contributed by atoms with Gasteiger partial charge in [-0.1, -0.05) is 13.3 Å². The smallest absolute Gasteiger partial charge is 0.341 e. The molecule has 0 aliphatic carbocycles. The van der Waals surface area contributed by atoms with Gasteiger partial charge in [0.05, 0.1) is 12.7 Å². The number of ether oxygens (including phenoxy) is 1. The Morgan fingerprint density at radius 2 is 2.00 bits per heavy atom. The molecule has 0 N–H and O–H groups in total. The zero-order chi connectivity index (χ0) is 13.0. The Kier molecular flexibility index (Phi) is 4.12. The van der Waals surface area contributed by atoms with Crippen LogP contribution in [0, 0.1) is 5.92 Å². The molecule has 18 heavy (non-hydrogen) atoms. The van der Waals surface area contributed by atoms with Gasteiger partial charge in [0.15, 0.2) is 0 Å². The van der Waals surface area contributed by atoms with Crippen molar-refractivity contribution in [2.45, 2.75) is 26.2 Å². The lowest BCUT2D eigenvalue weighted by atomic mass is 9.95. The molecule has 98 valence electrons. The van der Waals surface area contributed by atoms with Crippen LogP contribution in [0.4, 0.5) is 5.95 Å². The third kappa shape index (κ3) is 2.78. The van der Waals surface area contributed by atoms with Crippen LogP contribution in [0.5, 0.6) is 0 Å². The average Bonchev–Trinajstić information content (AvgIpc) is 2.47. The molecule has 0 unspecified atom stereocenters. The zero-order valence-electron chi connectivity index (χ0n) is 10.9. The number of esters is 1. The SMILES string of the molecule is CCC1CCN(c2ncc(C(=O)OC)cn2)CC1. The van der Waals surface area contributed by atoms with Crippen LogP contribution in [0.1, 0.15) is 36.5 Å². The van der Waals surface area contributed by atoms with Gasteiger partial charge in [-0.3, -0.25) is 0 Å². The van der Waals surface area contributed by atoms with E-state index < -0.39 is 5.97 Å². The molecule has 0 radical (unpaired) electrons. The van der Waals surface area contributed by atoms with Gasteiger partial charge >= 0.3 is 5.97 Å². The van der Waals surface area contributed by atoms with Crippen molar-refractivity contribution >= 4 is 11.9 Å². The summed E-state index contributed by atoms with van der Waals surface area (Å²) in [5.74, 6) is 1.14. The molecule has 0 amide bonds. The Bertz CT molecular complexity index is 397. The van der Waals surface area contributed by atoms with Gasteiger partial charge in [-0.25, -0.2) is 14.8 Å². The van der Waals surface area contributed by atoms with E-state index in [0.29, 0.717) is 11.5 Å². The van der Waals surface area contributed by atoms with Crippen molar-refractivity contribution in [3.05, 3.63) is 18.0 Å². The highest BCUT2D eigenvalue weighted by atomic mass is 16.5. The first-order chi connectivity index (χ1) is 8.74. The van der Waals surface area contributed by atoms with E-state index in [0.717, 1.165) is 19.0 Å². The van der Waals surface area contributed by atoms with E-state index in [-0.39, 0.29) is 0 Å². The van der Waals surface area contributed by atoms with E-state index in [1.807, 2.05) is 0 Å². The minimum atomic E-state index is -0.397. The second kappa shape index (κ2) is 5.80. The summed E-state index contributed by atoms with van der Waals surface area (Å²) in [5.41, 5.74) is 0.393. The van der Waals surface area contributed by atoms with Crippen LogP contribution >= 0.6 is 0 Å². The van der Waals surface area contributed by atoms with E-state index in [1.165, 1.54) is 38.8 Å². The highest BCUT2D eigenvalue weighted by Crippen LogP contribution is 2.22. The fourth-order valence-electron chi connectivity index (χ4n) is 2.25.